The summed E-state index contributed by atoms with van der Waals surface area (Å²) < 4.78 is 34.8. The van der Waals surface area contributed by atoms with Gasteiger partial charge in [-0.1, -0.05) is 122 Å². The smallest absolute Gasteiger partial charge is 0.457 e. The minimum absolute atomic E-state index is 0.0900. The van der Waals surface area contributed by atoms with Gasteiger partial charge in [0.05, 0.1) is 34.4 Å². The van der Waals surface area contributed by atoms with Crippen molar-refractivity contribution in [2.24, 2.45) is 0 Å². The molecule has 268 valence electrons. The number of rotatable bonds is 34. The van der Waals surface area contributed by atoms with E-state index in [1.165, 1.54) is 103 Å². The molecule has 0 aromatic heterocycles. The highest BCUT2D eigenvalue weighted by molar-refractivity contribution is 7.47. The summed E-state index contributed by atoms with van der Waals surface area (Å²) in [5.41, 5.74) is 0. The predicted molar refractivity (Wildman–Crippen MR) is 187 cm³/mol. The summed E-state index contributed by atoms with van der Waals surface area (Å²) in [6.07, 6.45) is 29.5. The van der Waals surface area contributed by atoms with Gasteiger partial charge in [-0.2, -0.15) is 0 Å². The van der Waals surface area contributed by atoms with Crippen LogP contribution in [0.4, 0.5) is 0 Å². The second kappa shape index (κ2) is 30.6. The summed E-state index contributed by atoms with van der Waals surface area (Å²) in [6.45, 7) is 5.58. The van der Waals surface area contributed by atoms with Crippen LogP contribution in [0.2, 0.25) is 0 Å². The van der Waals surface area contributed by atoms with Crippen LogP contribution < -0.4 is 0 Å². The van der Waals surface area contributed by atoms with Gasteiger partial charge < -0.3 is 18.9 Å². The Kier molecular flexibility index (Phi) is 30.0. The van der Waals surface area contributed by atoms with E-state index in [2.05, 4.69) is 26.0 Å². The van der Waals surface area contributed by atoms with Crippen molar-refractivity contribution in [1.82, 2.24) is 0 Å². The quantitative estimate of drug-likeness (QED) is 0.0241. The van der Waals surface area contributed by atoms with Gasteiger partial charge >= 0.3 is 13.8 Å². The van der Waals surface area contributed by atoms with Gasteiger partial charge in [0.25, 0.3) is 0 Å². The molecule has 0 aliphatic heterocycles. The minimum atomic E-state index is -4.26. The average molecular weight is 663 g/mol. The molecule has 0 radical (unpaired) electrons. The van der Waals surface area contributed by atoms with Crippen LogP contribution in [0.25, 0.3) is 0 Å². The molecule has 0 aromatic carbocycles. The molecule has 0 aliphatic carbocycles. The first kappa shape index (κ1) is 44.2. The number of allylic oxidation sites excluding steroid dienone is 2. The molecule has 0 saturated carbocycles. The van der Waals surface area contributed by atoms with E-state index in [0.717, 1.165) is 32.1 Å². The van der Waals surface area contributed by atoms with E-state index in [4.69, 9.17) is 18.5 Å². The van der Waals surface area contributed by atoms with Crippen LogP contribution in [0.1, 0.15) is 155 Å². The monoisotopic (exact) mass is 663 g/mol. The Labute approximate surface area is 278 Å². The first-order valence-corrected chi connectivity index (χ1v) is 19.9. The lowest BCUT2D eigenvalue weighted by Gasteiger charge is -2.24. The summed E-state index contributed by atoms with van der Waals surface area (Å²) in [7, 11) is 1.67. The Bertz CT molecular complexity index is 741. The van der Waals surface area contributed by atoms with Crippen LogP contribution in [0.5, 0.6) is 0 Å². The van der Waals surface area contributed by atoms with Crippen LogP contribution in [-0.2, 0) is 27.9 Å². The molecule has 0 spiro atoms. The molecule has 2 atom stereocenters. The topological polar surface area (TPSA) is 91.3 Å². The van der Waals surface area contributed by atoms with Gasteiger partial charge in [0.1, 0.15) is 19.3 Å². The Morgan fingerprint density at radius 3 is 1.73 bits per heavy atom. The van der Waals surface area contributed by atoms with Crippen molar-refractivity contribution in [2.75, 3.05) is 54.1 Å². The fourth-order valence-electron chi connectivity index (χ4n) is 4.90. The third-order valence-electron chi connectivity index (χ3n) is 7.83. The number of unbranched alkanes of at least 4 members (excludes halogenated alkanes) is 18. The normalized spacial score (nSPS) is 14.2. The summed E-state index contributed by atoms with van der Waals surface area (Å²) in [6, 6.07) is 0. The molecule has 8 nitrogen and oxygen atoms in total. The summed E-state index contributed by atoms with van der Waals surface area (Å²) in [5, 5.41) is 0. The maximum absolute atomic E-state index is 12.6. The highest BCUT2D eigenvalue weighted by atomic mass is 31.2. The number of esters is 1. The Balaban J connectivity index is 4.31. The predicted octanol–water partition coefficient (Wildman–Crippen LogP) is 9.93. The molecule has 0 heterocycles. The van der Waals surface area contributed by atoms with Crippen molar-refractivity contribution in [3.05, 3.63) is 12.2 Å². The maximum Gasteiger partial charge on any atom is 0.472 e. The highest BCUT2D eigenvalue weighted by Gasteiger charge is 2.26. The largest absolute Gasteiger partial charge is 0.472 e. The number of phosphoric ester groups is 1. The van der Waals surface area contributed by atoms with E-state index in [1.807, 2.05) is 21.1 Å². The van der Waals surface area contributed by atoms with Gasteiger partial charge in [-0.25, -0.2) is 4.57 Å². The number of hydrogen-bond donors (Lipinski definition) is 1. The molecule has 0 saturated heterocycles. The number of carbonyl (C=O) groups excluding carboxylic acids is 1. The highest BCUT2D eigenvalue weighted by Crippen LogP contribution is 2.43. The fraction of sp³-hybridized carbons (Fsp3) is 0.917. The van der Waals surface area contributed by atoms with Crippen LogP contribution in [0.15, 0.2) is 12.2 Å². The second-order valence-electron chi connectivity index (χ2n) is 13.6. The first-order valence-electron chi connectivity index (χ1n) is 18.4. The van der Waals surface area contributed by atoms with Crippen molar-refractivity contribution in [3.8, 4) is 0 Å². The Morgan fingerprint density at radius 1 is 0.667 bits per heavy atom. The van der Waals surface area contributed by atoms with Gasteiger partial charge in [0, 0.05) is 13.0 Å². The molecule has 0 fully saturated rings. The summed E-state index contributed by atoms with van der Waals surface area (Å²) in [4.78, 5) is 22.7. The van der Waals surface area contributed by atoms with Crippen molar-refractivity contribution in [2.45, 2.75) is 161 Å². The number of likely N-dealkylation sites (N-methyl/N-ethyl adjacent to an activating group) is 1. The van der Waals surface area contributed by atoms with E-state index in [1.54, 1.807) is 0 Å². The van der Waals surface area contributed by atoms with E-state index >= 15 is 0 Å². The molecule has 0 rings (SSSR count). The third-order valence-corrected chi connectivity index (χ3v) is 8.81. The molecule has 1 N–H and O–H groups in total. The zero-order chi connectivity index (χ0) is 33.5. The second-order valence-corrected chi connectivity index (χ2v) is 15.1. The summed E-state index contributed by atoms with van der Waals surface area (Å²) in [5.74, 6) is -0.318. The van der Waals surface area contributed by atoms with Crippen LogP contribution in [0, 0.1) is 0 Å². The van der Waals surface area contributed by atoms with Crippen molar-refractivity contribution < 1.29 is 37.3 Å². The van der Waals surface area contributed by atoms with Crippen molar-refractivity contribution in [3.63, 3.8) is 0 Å². The number of quaternary nitrogens is 1. The van der Waals surface area contributed by atoms with Crippen molar-refractivity contribution in [1.29, 1.82) is 0 Å². The van der Waals surface area contributed by atoms with Crippen LogP contribution >= 0.6 is 7.82 Å². The minimum Gasteiger partial charge on any atom is -0.457 e. The van der Waals surface area contributed by atoms with E-state index in [9.17, 15) is 14.3 Å². The molecule has 2 unspecified atom stereocenters. The zero-order valence-corrected chi connectivity index (χ0v) is 31.0. The lowest BCUT2D eigenvalue weighted by molar-refractivity contribution is -0.870. The van der Waals surface area contributed by atoms with Gasteiger partial charge in [0.15, 0.2) is 0 Å². The molecule has 0 bridgehead atoms. The van der Waals surface area contributed by atoms with Crippen LogP contribution in [0.3, 0.4) is 0 Å². The fourth-order valence-corrected chi connectivity index (χ4v) is 5.64. The SMILES string of the molecule is CCCCC/C=C\CCCCCCCCOCC(COP(=O)(O)OCC[N+](C)(C)C)OC(=O)CCCCCCCCCCCC. The Morgan fingerprint density at radius 2 is 1.16 bits per heavy atom. The van der Waals surface area contributed by atoms with Gasteiger partial charge in [-0.05, 0) is 38.5 Å². The standard InChI is InChI=1S/C36H72NO7P/c1-6-8-10-12-14-16-18-19-20-22-24-26-28-31-41-33-35(34-43-45(39,40)42-32-30-37(3,4)5)44-36(38)29-27-25-23-21-17-15-13-11-9-7-2/h14,16,35H,6-13,15,17-34H2,1-5H3/p+1/b16-14-. The number of carbonyl (C=O) groups is 1. The molecular formula is C36H73NO7P+. The van der Waals surface area contributed by atoms with Crippen molar-refractivity contribution >= 4 is 13.8 Å². The third kappa shape index (κ3) is 34.4. The zero-order valence-electron chi connectivity index (χ0n) is 30.1. The number of hydrogen-bond acceptors (Lipinski definition) is 6. The van der Waals surface area contributed by atoms with Gasteiger partial charge in [-0.15, -0.1) is 0 Å². The number of phosphoric acid groups is 1. The van der Waals surface area contributed by atoms with E-state index in [0.29, 0.717) is 24.1 Å². The Hall–Kier alpha value is -0.760. The summed E-state index contributed by atoms with van der Waals surface area (Å²) >= 11 is 0. The molecule has 0 aromatic rings. The van der Waals surface area contributed by atoms with Gasteiger partial charge in [-0.3, -0.25) is 13.8 Å². The van der Waals surface area contributed by atoms with E-state index < -0.39 is 13.9 Å². The van der Waals surface area contributed by atoms with E-state index in [-0.39, 0.29) is 25.8 Å². The molecule has 0 amide bonds. The lowest BCUT2D eigenvalue weighted by Crippen LogP contribution is -2.37. The molecule has 45 heavy (non-hydrogen) atoms. The maximum atomic E-state index is 12.6. The molecule has 0 aliphatic rings. The molecular weight excluding hydrogens is 589 g/mol. The lowest BCUT2D eigenvalue weighted by atomic mass is 10.1. The number of nitrogens with zero attached hydrogens (tertiary/aromatic N) is 1. The van der Waals surface area contributed by atoms with Gasteiger partial charge in [0.2, 0.25) is 0 Å². The average Bonchev–Trinajstić information content (AvgIpc) is 2.98. The van der Waals surface area contributed by atoms with Crippen LogP contribution in [-0.4, -0.2) is 75.6 Å². The number of ether oxygens (including phenoxy) is 2. The first-order chi connectivity index (χ1) is 21.6. The molecule has 9 heteroatoms.